The second kappa shape index (κ2) is 11.6. The van der Waals surface area contributed by atoms with Gasteiger partial charge < -0.3 is 20.4 Å². The van der Waals surface area contributed by atoms with E-state index in [1.54, 1.807) is 48.5 Å². The zero-order valence-electron chi connectivity index (χ0n) is 20.3. The molecule has 0 aliphatic rings. The molecule has 6 aromatic carbocycles. The van der Waals surface area contributed by atoms with E-state index in [0.29, 0.717) is 10.8 Å². The Labute approximate surface area is 221 Å². The van der Waals surface area contributed by atoms with Crippen molar-refractivity contribution >= 4 is 43.7 Å². The SMILES string of the molecule is O=Nc1ccc2ccccc2c1O.O=[N+]([O-])c1ccc2ccccc2c1O.Oc1cc(O)c2ccccc2c1. The van der Waals surface area contributed by atoms with Crippen LogP contribution in [0.2, 0.25) is 0 Å². The van der Waals surface area contributed by atoms with Crippen LogP contribution in [0.15, 0.2) is 114 Å². The van der Waals surface area contributed by atoms with Crippen molar-refractivity contribution in [2.45, 2.75) is 0 Å². The Morgan fingerprint density at radius 3 is 1.69 bits per heavy atom. The summed E-state index contributed by atoms with van der Waals surface area (Å²) in [4.78, 5) is 20.2. The van der Waals surface area contributed by atoms with Gasteiger partial charge in [-0.15, -0.1) is 4.91 Å². The zero-order chi connectivity index (χ0) is 27.9. The van der Waals surface area contributed by atoms with Gasteiger partial charge >= 0.3 is 5.69 Å². The fourth-order valence-electron chi connectivity index (χ4n) is 3.98. The quantitative estimate of drug-likeness (QED) is 0.103. The lowest BCUT2D eigenvalue weighted by Gasteiger charge is -2.00. The van der Waals surface area contributed by atoms with Crippen LogP contribution in [0.5, 0.6) is 23.0 Å². The van der Waals surface area contributed by atoms with Crippen LogP contribution in [0.4, 0.5) is 11.4 Å². The Morgan fingerprint density at radius 2 is 1.10 bits per heavy atom. The molecule has 4 N–H and O–H groups in total. The number of nitro benzene ring substituents is 1. The summed E-state index contributed by atoms with van der Waals surface area (Å²) >= 11 is 0. The smallest absolute Gasteiger partial charge is 0.311 e. The number of nitroso groups, excluding NO2 is 1. The molecule has 0 spiro atoms. The Balaban J connectivity index is 0.000000136. The minimum atomic E-state index is -0.595. The number of nitro groups is 1. The molecule has 0 atom stereocenters. The molecule has 0 amide bonds. The monoisotopic (exact) mass is 522 g/mol. The van der Waals surface area contributed by atoms with Crippen LogP contribution in [0.25, 0.3) is 32.3 Å². The summed E-state index contributed by atoms with van der Waals surface area (Å²) in [5, 5.41) is 55.3. The lowest BCUT2D eigenvalue weighted by molar-refractivity contribution is -0.385. The maximum Gasteiger partial charge on any atom is 0.311 e. The third-order valence-electron chi connectivity index (χ3n) is 5.88. The number of phenolic OH excluding ortho intramolecular Hbond substituents is 4. The van der Waals surface area contributed by atoms with Crippen molar-refractivity contribution in [3.8, 4) is 23.0 Å². The maximum absolute atomic E-state index is 10.5. The van der Waals surface area contributed by atoms with Gasteiger partial charge in [-0.05, 0) is 39.5 Å². The molecule has 0 heterocycles. The van der Waals surface area contributed by atoms with E-state index < -0.39 is 4.92 Å². The van der Waals surface area contributed by atoms with E-state index in [2.05, 4.69) is 5.18 Å². The summed E-state index contributed by atoms with van der Waals surface area (Å²) < 4.78 is 0. The second-order valence-electron chi connectivity index (χ2n) is 8.34. The molecule has 39 heavy (non-hydrogen) atoms. The normalized spacial score (nSPS) is 10.3. The standard InChI is InChI=1S/C10H7NO3.C10H7NO2.C10H8O2/c12-10-8-4-2-1-3-7(8)5-6-9(10)11(13)14;12-10-8-4-2-1-3-7(8)5-6-9(10)11-13;11-8-5-7-3-1-2-4-9(7)10(12)6-8/h1-6,12H;1-6,12H;1-6,11-12H. The summed E-state index contributed by atoms with van der Waals surface area (Å²) in [5.74, 6) is -0.113. The fourth-order valence-corrected chi connectivity index (χ4v) is 3.98. The molecule has 0 aromatic heterocycles. The molecular weight excluding hydrogens is 500 g/mol. The predicted octanol–water partition coefficient (Wildman–Crippen LogP) is 7.65. The highest BCUT2D eigenvalue weighted by Gasteiger charge is 2.14. The van der Waals surface area contributed by atoms with Crippen molar-refractivity contribution < 1.29 is 25.3 Å². The molecule has 0 saturated heterocycles. The largest absolute Gasteiger partial charge is 0.508 e. The number of rotatable bonds is 2. The van der Waals surface area contributed by atoms with E-state index in [-0.39, 0.29) is 34.4 Å². The minimum absolute atomic E-state index is 0.0481. The van der Waals surface area contributed by atoms with Gasteiger partial charge in [-0.2, -0.15) is 0 Å². The van der Waals surface area contributed by atoms with Gasteiger partial charge in [0, 0.05) is 28.3 Å². The molecular formula is C30H22N2O7. The van der Waals surface area contributed by atoms with Crippen LogP contribution >= 0.6 is 0 Å². The minimum Gasteiger partial charge on any atom is -0.508 e. The maximum atomic E-state index is 10.5. The number of phenols is 4. The molecule has 0 aliphatic carbocycles. The first-order valence-electron chi connectivity index (χ1n) is 11.6. The van der Waals surface area contributed by atoms with E-state index in [9.17, 15) is 30.3 Å². The highest BCUT2D eigenvalue weighted by atomic mass is 16.6. The van der Waals surface area contributed by atoms with Crippen molar-refractivity contribution in [1.82, 2.24) is 0 Å². The van der Waals surface area contributed by atoms with Gasteiger partial charge in [-0.25, -0.2) is 0 Å². The molecule has 0 saturated carbocycles. The highest BCUT2D eigenvalue weighted by molar-refractivity contribution is 5.93. The van der Waals surface area contributed by atoms with E-state index in [4.69, 9.17) is 5.11 Å². The van der Waals surface area contributed by atoms with Gasteiger partial charge in [0.25, 0.3) is 0 Å². The number of nitrogens with zero attached hydrogens (tertiary/aromatic N) is 2. The molecule has 0 radical (unpaired) electrons. The average molecular weight is 523 g/mol. The number of hydrogen-bond acceptors (Lipinski definition) is 8. The fraction of sp³-hybridized carbons (Fsp3) is 0. The van der Waals surface area contributed by atoms with Crippen LogP contribution in [0.3, 0.4) is 0 Å². The molecule has 9 nitrogen and oxygen atoms in total. The van der Waals surface area contributed by atoms with Crippen LogP contribution in [-0.4, -0.2) is 25.3 Å². The predicted molar refractivity (Wildman–Crippen MR) is 151 cm³/mol. The molecule has 6 rings (SSSR count). The van der Waals surface area contributed by atoms with Crippen molar-refractivity contribution in [2.24, 2.45) is 5.18 Å². The van der Waals surface area contributed by atoms with Gasteiger partial charge in [0.2, 0.25) is 5.75 Å². The lowest BCUT2D eigenvalue weighted by atomic mass is 10.1. The first-order valence-corrected chi connectivity index (χ1v) is 11.6. The summed E-state index contributed by atoms with van der Waals surface area (Å²) in [6.45, 7) is 0. The summed E-state index contributed by atoms with van der Waals surface area (Å²) in [5.41, 5.74) is -0.178. The van der Waals surface area contributed by atoms with Crippen LogP contribution in [0.1, 0.15) is 0 Å². The van der Waals surface area contributed by atoms with Gasteiger partial charge in [-0.1, -0.05) is 78.9 Å². The van der Waals surface area contributed by atoms with Gasteiger partial charge in [-0.3, -0.25) is 10.1 Å². The van der Waals surface area contributed by atoms with Crippen molar-refractivity contribution in [2.75, 3.05) is 0 Å². The Morgan fingerprint density at radius 1 is 0.590 bits per heavy atom. The van der Waals surface area contributed by atoms with Gasteiger partial charge in [0.15, 0.2) is 5.75 Å². The van der Waals surface area contributed by atoms with Crippen LogP contribution < -0.4 is 0 Å². The third-order valence-corrected chi connectivity index (χ3v) is 5.88. The molecule has 0 bridgehead atoms. The number of benzene rings is 6. The molecule has 9 heteroatoms. The molecule has 0 aliphatic heterocycles. The molecule has 194 valence electrons. The third kappa shape index (κ3) is 5.83. The molecule has 0 unspecified atom stereocenters. The van der Waals surface area contributed by atoms with Crippen molar-refractivity contribution in [3.63, 3.8) is 0 Å². The topological polar surface area (TPSA) is 153 Å². The zero-order valence-corrected chi connectivity index (χ0v) is 20.3. The molecule has 0 fully saturated rings. The Kier molecular flexibility index (Phi) is 7.82. The van der Waals surface area contributed by atoms with Gasteiger partial charge in [0.05, 0.1) is 4.92 Å². The van der Waals surface area contributed by atoms with E-state index >= 15 is 0 Å². The Bertz CT molecular complexity index is 1820. The first-order chi connectivity index (χ1) is 18.8. The van der Waals surface area contributed by atoms with Crippen molar-refractivity contribution in [1.29, 1.82) is 0 Å². The second-order valence-corrected chi connectivity index (χ2v) is 8.34. The number of fused-ring (bicyclic) bond motifs is 3. The summed E-state index contributed by atoms with van der Waals surface area (Å²) in [6, 6.07) is 30.8. The van der Waals surface area contributed by atoms with E-state index in [1.165, 1.54) is 18.2 Å². The first kappa shape index (κ1) is 26.4. The van der Waals surface area contributed by atoms with Crippen LogP contribution in [0, 0.1) is 15.0 Å². The van der Waals surface area contributed by atoms with E-state index in [0.717, 1.165) is 21.5 Å². The van der Waals surface area contributed by atoms with Crippen LogP contribution in [-0.2, 0) is 0 Å². The Hall–Kier alpha value is -5.70. The van der Waals surface area contributed by atoms with E-state index in [1.807, 2.05) is 42.5 Å². The van der Waals surface area contributed by atoms with Crippen molar-refractivity contribution in [3.05, 3.63) is 124 Å². The number of aromatic hydroxyl groups is 4. The summed E-state index contributed by atoms with van der Waals surface area (Å²) in [7, 11) is 0. The van der Waals surface area contributed by atoms with Gasteiger partial charge in [0.1, 0.15) is 17.2 Å². The highest BCUT2D eigenvalue weighted by Crippen LogP contribution is 2.35. The lowest BCUT2D eigenvalue weighted by Crippen LogP contribution is -1.88. The average Bonchev–Trinajstić information content (AvgIpc) is 2.94. The number of hydrogen-bond donors (Lipinski definition) is 4. The summed E-state index contributed by atoms with van der Waals surface area (Å²) in [6.07, 6.45) is 0. The molecule has 6 aromatic rings.